The maximum Gasteiger partial charge on any atom is 0.146 e. The van der Waals surface area contributed by atoms with Crippen molar-refractivity contribution in [2.45, 2.75) is 31.5 Å². The molecule has 1 nitrogen and oxygen atoms in total. The molecule has 82 valence electrons. The van der Waals surface area contributed by atoms with Gasteiger partial charge in [-0.25, -0.2) is 4.39 Å². The predicted molar refractivity (Wildman–Crippen MR) is 62.9 cm³/mol. The van der Waals surface area contributed by atoms with Crippen molar-refractivity contribution in [3.05, 3.63) is 35.1 Å². The highest BCUT2D eigenvalue weighted by Gasteiger charge is 2.13. The van der Waals surface area contributed by atoms with Crippen LogP contribution < -0.4 is 0 Å². The minimum atomic E-state index is -0.202. The number of hydrogen-bond donors (Lipinski definition) is 0. The summed E-state index contributed by atoms with van der Waals surface area (Å²) < 4.78 is 13.0. The molecule has 1 unspecified atom stereocenters. The van der Waals surface area contributed by atoms with Gasteiger partial charge in [-0.3, -0.25) is 4.79 Å². The quantitative estimate of drug-likeness (QED) is 0.768. The van der Waals surface area contributed by atoms with Gasteiger partial charge in [0.25, 0.3) is 0 Å². The topological polar surface area (TPSA) is 17.1 Å². The van der Waals surface area contributed by atoms with Crippen LogP contribution in [0.25, 0.3) is 0 Å². The Balaban J connectivity index is 2.73. The first-order chi connectivity index (χ1) is 7.04. The molecule has 0 aliphatic rings. The molecule has 1 aromatic rings. The third-order valence-electron chi connectivity index (χ3n) is 2.34. The average molecular weight is 273 g/mol. The molecule has 15 heavy (non-hydrogen) atoms. The van der Waals surface area contributed by atoms with Crippen LogP contribution in [0.5, 0.6) is 0 Å². The van der Waals surface area contributed by atoms with Gasteiger partial charge < -0.3 is 0 Å². The number of hydrogen-bond acceptors (Lipinski definition) is 1. The second-order valence-electron chi connectivity index (χ2n) is 3.58. The van der Waals surface area contributed by atoms with Crippen LogP contribution in [0.3, 0.4) is 0 Å². The van der Waals surface area contributed by atoms with Crippen molar-refractivity contribution >= 4 is 21.7 Å². The molecule has 0 amide bonds. The Morgan fingerprint density at radius 3 is 2.73 bits per heavy atom. The smallest absolute Gasteiger partial charge is 0.146 e. The third kappa shape index (κ3) is 3.42. The molecule has 0 bridgehead atoms. The summed E-state index contributed by atoms with van der Waals surface area (Å²) >= 11 is 3.34. The summed E-state index contributed by atoms with van der Waals surface area (Å²) in [5, 5.41) is 0. The van der Waals surface area contributed by atoms with Crippen molar-refractivity contribution in [1.82, 2.24) is 0 Å². The Labute approximate surface area is 97.8 Å². The van der Waals surface area contributed by atoms with Gasteiger partial charge in [0.2, 0.25) is 0 Å². The molecule has 0 fully saturated rings. The molecule has 0 saturated carbocycles. The molecular weight excluding hydrogens is 259 g/mol. The van der Waals surface area contributed by atoms with Crippen molar-refractivity contribution in [2.24, 2.45) is 0 Å². The molecule has 1 aromatic carbocycles. The van der Waals surface area contributed by atoms with E-state index in [-0.39, 0.29) is 16.4 Å². The van der Waals surface area contributed by atoms with Crippen LogP contribution in [-0.2, 0) is 11.2 Å². The first-order valence-corrected chi connectivity index (χ1v) is 5.88. The van der Waals surface area contributed by atoms with E-state index < -0.39 is 0 Å². The van der Waals surface area contributed by atoms with Gasteiger partial charge in [-0.2, -0.15) is 0 Å². The van der Waals surface area contributed by atoms with Crippen molar-refractivity contribution in [1.29, 1.82) is 0 Å². The van der Waals surface area contributed by atoms with Crippen molar-refractivity contribution < 1.29 is 9.18 Å². The predicted octanol–water partition coefficient (Wildman–Crippen LogP) is 3.42. The van der Waals surface area contributed by atoms with E-state index in [1.165, 1.54) is 6.07 Å². The van der Waals surface area contributed by atoms with Gasteiger partial charge in [0.15, 0.2) is 0 Å². The van der Waals surface area contributed by atoms with Crippen LogP contribution in [0.15, 0.2) is 18.2 Å². The third-order valence-corrected chi connectivity index (χ3v) is 3.17. The molecule has 1 atom stereocenters. The van der Waals surface area contributed by atoms with Crippen LogP contribution in [0.2, 0.25) is 0 Å². The lowest BCUT2D eigenvalue weighted by atomic mass is 10.0. The van der Waals surface area contributed by atoms with E-state index in [9.17, 15) is 9.18 Å². The van der Waals surface area contributed by atoms with E-state index in [4.69, 9.17) is 0 Å². The van der Waals surface area contributed by atoms with Crippen LogP contribution >= 0.6 is 15.9 Å². The standard InChI is InChI=1S/C12H14BrFO/c1-3-12(15)10(13)7-9-4-5-11(14)8(2)6-9/h4-6,10H,3,7H2,1-2H3. The van der Waals surface area contributed by atoms with Crippen LogP contribution in [0.4, 0.5) is 4.39 Å². The highest BCUT2D eigenvalue weighted by molar-refractivity contribution is 9.10. The normalized spacial score (nSPS) is 12.5. The van der Waals surface area contributed by atoms with Gasteiger partial charge in [-0.1, -0.05) is 35.0 Å². The Morgan fingerprint density at radius 2 is 2.20 bits per heavy atom. The van der Waals surface area contributed by atoms with E-state index in [0.29, 0.717) is 18.4 Å². The lowest BCUT2D eigenvalue weighted by Gasteiger charge is -2.08. The van der Waals surface area contributed by atoms with E-state index >= 15 is 0 Å². The van der Waals surface area contributed by atoms with Gasteiger partial charge in [-0.15, -0.1) is 0 Å². The van der Waals surface area contributed by atoms with E-state index in [0.717, 1.165) is 5.56 Å². The van der Waals surface area contributed by atoms with Gasteiger partial charge in [0, 0.05) is 6.42 Å². The Bertz CT molecular complexity index is 363. The number of rotatable bonds is 4. The second kappa shape index (κ2) is 5.40. The van der Waals surface area contributed by atoms with E-state index in [1.807, 2.05) is 6.92 Å². The van der Waals surface area contributed by atoms with Crippen molar-refractivity contribution in [3.63, 3.8) is 0 Å². The molecule has 0 N–H and O–H groups in total. The molecule has 3 heteroatoms. The summed E-state index contributed by atoms with van der Waals surface area (Å²) in [6.07, 6.45) is 1.14. The van der Waals surface area contributed by atoms with Gasteiger partial charge >= 0.3 is 0 Å². The molecule has 1 rings (SSSR count). The minimum absolute atomic E-state index is 0.160. The zero-order valence-electron chi connectivity index (χ0n) is 8.89. The zero-order valence-corrected chi connectivity index (χ0v) is 10.5. The van der Waals surface area contributed by atoms with E-state index in [2.05, 4.69) is 15.9 Å². The number of benzene rings is 1. The number of ketones is 1. The van der Waals surface area contributed by atoms with Crippen LogP contribution in [0, 0.1) is 12.7 Å². The second-order valence-corrected chi connectivity index (χ2v) is 4.68. The fourth-order valence-corrected chi connectivity index (χ4v) is 2.07. The first kappa shape index (κ1) is 12.4. The summed E-state index contributed by atoms with van der Waals surface area (Å²) in [5.74, 6) is -0.0244. The summed E-state index contributed by atoms with van der Waals surface area (Å²) in [6.45, 7) is 3.57. The van der Waals surface area contributed by atoms with Gasteiger partial charge in [-0.05, 0) is 30.5 Å². The Kier molecular flexibility index (Phi) is 4.45. The minimum Gasteiger partial charge on any atom is -0.298 e. The molecule has 0 heterocycles. The highest BCUT2D eigenvalue weighted by Crippen LogP contribution is 2.15. The molecule has 0 aliphatic carbocycles. The number of alkyl halides is 1. The van der Waals surface area contributed by atoms with Crippen LogP contribution in [-0.4, -0.2) is 10.6 Å². The maximum atomic E-state index is 13.0. The number of carbonyl (C=O) groups excluding carboxylic acids is 1. The largest absolute Gasteiger partial charge is 0.298 e. The highest BCUT2D eigenvalue weighted by atomic mass is 79.9. The summed E-state index contributed by atoms with van der Waals surface area (Å²) in [5.41, 5.74) is 1.61. The Morgan fingerprint density at radius 1 is 1.53 bits per heavy atom. The fourth-order valence-electron chi connectivity index (χ4n) is 1.38. The first-order valence-electron chi connectivity index (χ1n) is 4.96. The monoisotopic (exact) mass is 272 g/mol. The maximum absolute atomic E-state index is 13.0. The molecule has 0 radical (unpaired) electrons. The summed E-state index contributed by atoms with van der Waals surface area (Å²) in [6, 6.07) is 4.95. The van der Waals surface area contributed by atoms with Gasteiger partial charge in [0.1, 0.15) is 11.6 Å². The van der Waals surface area contributed by atoms with Crippen LogP contribution in [0.1, 0.15) is 24.5 Å². The number of carbonyl (C=O) groups is 1. The number of Topliss-reactive ketones (excluding diaryl/α,β-unsaturated/α-hetero) is 1. The van der Waals surface area contributed by atoms with Crippen molar-refractivity contribution in [3.8, 4) is 0 Å². The fraction of sp³-hybridized carbons (Fsp3) is 0.417. The molecule has 0 aromatic heterocycles. The zero-order chi connectivity index (χ0) is 11.4. The molecule has 0 aliphatic heterocycles. The van der Waals surface area contributed by atoms with Crippen molar-refractivity contribution in [2.75, 3.05) is 0 Å². The molecule has 0 spiro atoms. The lowest BCUT2D eigenvalue weighted by Crippen LogP contribution is -2.15. The molecule has 0 saturated heterocycles. The molecular formula is C12H14BrFO. The van der Waals surface area contributed by atoms with Gasteiger partial charge in [0.05, 0.1) is 4.83 Å². The SMILES string of the molecule is CCC(=O)C(Br)Cc1ccc(F)c(C)c1. The summed E-state index contributed by atoms with van der Waals surface area (Å²) in [7, 11) is 0. The van der Waals surface area contributed by atoms with E-state index in [1.54, 1.807) is 19.1 Å². The average Bonchev–Trinajstić information content (AvgIpc) is 2.22. The summed E-state index contributed by atoms with van der Waals surface area (Å²) in [4.78, 5) is 11.2. The lowest BCUT2D eigenvalue weighted by molar-refractivity contribution is -0.118. The number of aryl methyl sites for hydroxylation is 1. The Hall–Kier alpha value is -0.700. The number of halogens is 2.